The van der Waals surface area contributed by atoms with Crippen LogP contribution in [-0.2, 0) is 11.8 Å². The van der Waals surface area contributed by atoms with E-state index in [-0.39, 0.29) is 22.6 Å². The van der Waals surface area contributed by atoms with Crippen LogP contribution in [0.25, 0.3) is 22.8 Å². The maximum absolute atomic E-state index is 13.9. The van der Waals surface area contributed by atoms with Gasteiger partial charge in [0.15, 0.2) is 17.3 Å². The molecule has 0 spiro atoms. The third kappa shape index (κ3) is 6.33. The molecule has 0 radical (unpaired) electrons. The number of halogens is 3. The van der Waals surface area contributed by atoms with E-state index in [0.717, 1.165) is 12.3 Å². The lowest BCUT2D eigenvalue weighted by Crippen LogP contribution is -2.19. The first kappa shape index (κ1) is 28.2. The predicted molar refractivity (Wildman–Crippen MR) is 147 cm³/mol. The zero-order chi connectivity index (χ0) is 29.8. The molecule has 0 saturated heterocycles. The van der Waals surface area contributed by atoms with Crippen LogP contribution in [0, 0.1) is 11.8 Å². The van der Waals surface area contributed by atoms with Crippen molar-refractivity contribution in [1.82, 2.24) is 34.9 Å². The lowest BCUT2D eigenvalue weighted by molar-refractivity contribution is 0.102. The SMILES string of the molecule is C[C@@H](OC(=O)Nc1c(-c2ccc(NC(=O)c3cnc(-c4cccc(Cl)c4)nc3)cn2)nnn1C)c1cc(F)cnc1F. The number of amides is 2. The van der Waals surface area contributed by atoms with Gasteiger partial charge < -0.3 is 10.1 Å². The Balaban J connectivity index is 1.24. The van der Waals surface area contributed by atoms with E-state index >= 15 is 0 Å². The van der Waals surface area contributed by atoms with Gasteiger partial charge in [0, 0.05) is 30.0 Å². The topological polar surface area (TPSA) is 150 Å². The number of hydrogen-bond acceptors (Lipinski definition) is 9. The van der Waals surface area contributed by atoms with Gasteiger partial charge in [-0.15, -0.1) is 5.10 Å². The van der Waals surface area contributed by atoms with Crippen LogP contribution in [0.4, 0.5) is 25.1 Å². The van der Waals surface area contributed by atoms with Crippen molar-refractivity contribution in [2.24, 2.45) is 7.05 Å². The molecule has 0 aliphatic heterocycles. The largest absolute Gasteiger partial charge is 0.441 e. The van der Waals surface area contributed by atoms with Crippen LogP contribution < -0.4 is 10.6 Å². The van der Waals surface area contributed by atoms with E-state index in [0.29, 0.717) is 27.8 Å². The van der Waals surface area contributed by atoms with Crippen molar-refractivity contribution in [3.8, 4) is 22.8 Å². The van der Waals surface area contributed by atoms with E-state index in [9.17, 15) is 18.4 Å². The number of rotatable bonds is 7. The highest BCUT2D eigenvalue weighted by Crippen LogP contribution is 2.26. The zero-order valence-electron chi connectivity index (χ0n) is 21.9. The Hall–Kier alpha value is -5.37. The molecule has 1 aromatic carbocycles. The van der Waals surface area contributed by atoms with Gasteiger partial charge in [0.25, 0.3) is 5.91 Å². The first-order valence-electron chi connectivity index (χ1n) is 12.2. The van der Waals surface area contributed by atoms with Crippen molar-refractivity contribution in [3.05, 3.63) is 95.2 Å². The van der Waals surface area contributed by atoms with Crippen LogP contribution >= 0.6 is 11.6 Å². The van der Waals surface area contributed by atoms with Crippen molar-refractivity contribution in [1.29, 1.82) is 0 Å². The molecule has 15 heteroatoms. The van der Waals surface area contributed by atoms with Gasteiger partial charge in [0.1, 0.15) is 11.9 Å². The molecule has 4 heterocycles. The molecule has 0 saturated carbocycles. The van der Waals surface area contributed by atoms with Gasteiger partial charge in [-0.2, -0.15) is 4.39 Å². The van der Waals surface area contributed by atoms with Crippen LogP contribution in [0.3, 0.4) is 0 Å². The molecule has 0 unspecified atom stereocenters. The summed E-state index contributed by atoms with van der Waals surface area (Å²) in [4.78, 5) is 41.3. The standard InChI is InChI=1S/C27H20ClF2N9O3/c1-14(20-9-18(29)12-32-23(20)30)42-27(41)36-25-22(37-38-39(25)2)21-7-6-19(13-31-21)35-26(40)16-10-33-24(34-11-16)15-4-3-5-17(28)8-15/h3-14H,1-2H3,(H,35,40)(H,36,41)/t14-/m1/s1. The minimum atomic E-state index is -1.14. The highest BCUT2D eigenvalue weighted by Gasteiger charge is 2.21. The van der Waals surface area contributed by atoms with Gasteiger partial charge in [0.2, 0.25) is 5.95 Å². The number of carbonyl (C=O) groups excluding carboxylic acids is 2. The van der Waals surface area contributed by atoms with Crippen LogP contribution in [0.2, 0.25) is 5.02 Å². The molecule has 0 bridgehead atoms. The first-order valence-corrected chi connectivity index (χ1v) is 12.6. The van der Waals surface area contributed by atoms with Crippen molar-refractivity contribution < 1.29 is 23.1 Å². The van der Waals surface area contributed by atoms with Crippen LogP contribution in [0.5, 0.6) is 0 Å². The molecule has 0 aliphatic rings. The Labute approximate surface area is 241 Å². The predicted octanol–water partition coefficient (Wildman–Crippen LogP) is 5.22. The summed E-state index contributed by atoms with van der Waals surface area (Å²) >= 11 is 6.02. The number of aromatic nitrogens is 7. The number of anilines is 2. The van der Waals surface area contributed by atoms with Crippen LogP contribution in [0.1, 0.15) is 28.9 Å². The van der Waals surface area contributed by atoms with Crippen molar-refractivity contribution in [2.75, 3.05) is 10.6 Å². The molecular weight excluding hydrogens is 572 g/mol. The van der Waals surface area contributed by atoms with Gasteiger partial charge in [-0.25, -0.2) is 28.8 Å². The van der Waals surface area contributed by atoms with Crippen molar-refractivity contribution in [2.45, 2.75) is 13.0 Å². The lowest BCUT2D eigenvalue weighted by Gasteiger charge is -2.15. The molecule has 42 heavy (non-hydrogen) atoms. The van der Waals surface area contributed by atoms with Gasteiger partial charge in [-0.05, 0) is 37.3 Å². The Kier molecular flexibility index (Phi) is 8.06. The Bertz CT molecular complexity index is 1770. The number of hydrogen-bond donors (Lipinski definition) is 2. The molecule has 0 aliphatic carbocycles. The maximum atomic E-state index is 13.9. The third-order valence-corrected chi connectivity index (χ3v) is 6.10. The second-order valence-electron chi connectivity index (χ2n) is 8.81. The molecule has 0 fully saturated rings. The van der Waals surface area contributed by atoms with Gasteiger partial charge in [-0.1, -0.05) is 28.9 Å². The highest BCUT2D eigenvalue weighted by molar-refractivity contribution is 6.30. The third-order valence-electron chi connectivity index (χ3n) is 5.86. The summed E-state index contributed by atoms with van der Waals surface area (Å²) in [5, 5.41) is 13.7. The van der Waals surface area contributed by atoms with E-state index in [1.165, 1.54) is 37.2 Å². The average molecular weight is 592 g/mol. The number of carbonyl (C=O) groups is 2. The minimum Gasteiger partial charge on any atom is -0.441 e. The number of benzene rings is 1. The zero-order valence-corrected chi connectivity index (χ0v) is 22.7. The molecule has 212 valence electrons. The van der Waals surface area contributed by atoms with Crippen LogP contribution in [-0.4, -0.2) is 46.9 Å². The molecule has 1 atom stereocenters. The fraction of sp³-hybridized carbons (Fsp3) is 0.111. The highest BCUT2D eigenvalue weighted by atomic mass is 35.5. The lowest BCUT2D eigenvalue weighted by atomic mass is 10.2. The van der Waals surface area contributed by atoms with Crippen molar-refractivity contribution >= 4 is 35.1 Å². The van der Waals surface area contributed by atoms with Crippen molar-refractivity contribution in [3.63, 3.8) is 0 Å². The molecule has 5 aromatic rings. The van der Waals surface area contributed by atoms with Gasteiger partial charge >= 0.3 is 6.09 Å². The fourth-order valence-corrected chi connectivity index (χ4v) is 3.97. The molecular formula is C27H20ClF2N9O3. The summed E-state index contributed by atoms with van der Waals surface area (Å²) in [7, 11) is 1.53. The minimum absolute atomic E-state index is 0.131. The number of nitrogens with zero attached hydrogens (tertiary/aromatic N) is 7. The number of pyridine rings is 2. The molecule has 4 aromatic heterocycles. The number of ether oxygens (including phenoxy) is 1. The second-order valence-corrected chi connectivity index (χ2v) is 9.24. The van der Waals surface area contributed by atoms with E-state index in [2.05, 4.69) is 40.9 Å². The monoisotopic (exact) mass is 591 g/mol. The summed E-state index contributed by atoms with van der Waals surface area (Å²) in [5.41, 5.74) is 1.61. The second kappa shape index (κ2) is 12.0. The maximum Gasteiger partial charge on any atom is 0.413 e. The summed E-state index contributed by atoms with van der Waals surface area (Å²) in [6.45, 7) is 1.37. The van der Waals surface area contributed by atoms with Gasteiger partial charge in [-0.3, -0.25) is 15.1 Å². The normalized spacial score (nSPS) is 11.5. The fourth-order valence-electron chi connectivity index (χ4n) is 3.78. The van der Waals surface area contributed by atoms with E-state index in [1.54, 1.807) is 30.3 Å². The van der Waals surface area contributed by atoms with Crippen LogP contribution in [0.15, 0.2) is 67.3 Å². The Morgan fingerprint density at radius 2 is 1.76 bits per heavy atom. The van der Waals surface area contributed by atoms with Gasteiger partial charge in [0.05, 0.1) is 34.9 Å². The first-order chi connectivity index (χ1) is 20.2. The average Bonchev–Trinajstić information content (AvgIpc) is 3.34. The molecule has 2 amide bonds. The number of nitrogens with one attached hydrogen (secondary N) is 2. The molecule has 2 N–H and O–H groups in total. The van der Waals surface area contributed by atoms with E-state index < -0.39 is 29.9 Å². The smallest absolute Gasteiger partial charge is 0.413 e. The molecule has 5 rings (SSSR count). The van der Waals surface area contributed by atoms with E-state index in [1.807, 2.05) is 6.07 Å². The summed E-state index contributed by atoms with van der Waals surface area (Å²) in [6.07, 6.45) is 2.81. The Morgan fingerprint density at radius 1 is 0.976 bits per heavy atom. The summed E-state index contributed by atoms with van der Waals surface area (Å²) in [6, 6.07) is 11.1. The number of aryl methyl sites for hydroxylation is 1. The summed E-state index contributed by atoms with van der Waals surface area (Å²) in [5.74, 6) is -1.63. The quantitative estimate of drug-likeness (QED) is 0.243. The summed E-state index contributed by atoms with van der Waals surface area (Å²) < 4.78 is 33.9. The van der Waals surface area contributed by atoms with E-state index in [4.69, 9.17) is 16.3 Å². The molecule has 12 nitrogen and oxygen atoms in total. The Morgan fingerprint density at radius 3 is 2.48 bits per heavy atom.